The molecule has 1 aromatic heterocycles. The summed E-state index contributed by atoms with van der Waals surface area (Å²) in [5.74, 6) is 0.830. The summed E-state index contributed by atoms with van der Waals surface area (Å²) in [6.45, 7) is 9.74. The first-order chi connectivity index (χ1) is 15.6. The van der Waals surface area contributed by atoms with Crippen molar-refractivity contribution in [1.29, 1.82) is 0 Å². The first kappa shape index (κ1) is 25.0. The van der Waals surface area contributed by atoms with Gasteiger partial charge in [-0.15, -0.1) is 4.40 Å². The second-order valence-electron chi connectivity index (χ2n) is 9.19. The molecule has 2 aromatic rings. The van der Waals surface area contributed by atoms with Crippen LogP contribution in [0, 0.1) is 19.8 Å². The normalized spacial score (nSPS) is 16.3. The number of benzene rings is 1. The number of rotatable bonds is 7. The number of nitrogens with one attached hydrogen (secondary N) is 1. The van der Waals surface area contributed by atoms with Crippen molar-refractivity contribution in [2.24, 2.45) is 10.3 Å². The number of likely N-dealkylation sites (tertiary alicyclic amines) is 1. The second kappa shape index (κ2) is 10.5. The van der Waals surface area contributed by atoms with Crippen molar-refractivity contribution in [2.45, 2.75) is 71.2 Å². The van der Waals surface area contributed by atoms with Crippen molar-refractivity contribution >= 4 is 27.5 Å². The number of carbonyl (C=O) groups excluding carboxylic acids is 1. The van der Waals surface area contributed by atoms with Gasteiger partial charge in [0.25, 0.3) is 10.0 Å². The summed E-state index contributed by atoms with van der Waals surface area (Å²) < 4.78 is 31.9. The molecule has 2 heterocycles. The van der Waals surface area contributed by atoms with E-state index in [1.54, 1.807) is 12.1 Å². The lowest BCUT2D eigenvalue weighted by atomic mass is 10.1. The maximum atomic E-state index is 12.9. The fourth-order valence-electron chi connectivity index (χ4n) is 4.05. The lowest BCUT2D eigenvalue weighted by Gasteiger charge is -2.17. The van der Waals surface area contributed by atoms with Crippen LogP contribution in [0.25, 0.3) is 0 Å². The van der Waals surface area contributed by atoms with Crippen molar-refractivity contribution in [3.63, 3.8) is 0 Å². The Labute approximate surface area is 197 Å². The monoisotopic (exact) mass is 473 g/mol. The summed E-state index contributed by atoms with van der Waals surface area (Å²) >= 11 is 0. The van der Waals surface area contributed by atoms with E-state index in [1.807, 2.05) is 30.5 Å². The lowest BCUT2D eigenvalue weighted by Crippen LogP contribution is -2.26. The van der Waals surface area contributed by atoms with E-state index >= 15 is 0 Å². The molecule has 0 atom stereocenters. The summed E-state index contributed by atoms with van der Waals surface area (Å²) in [4.78, 5) is 14.7. The van der Waals surface area contributed by atoms with Crippen LogP contribution in [-0.4, -0.2) is 48.4 Å². The molecule has 1 saturated heterocycles. The smallest absolute Gasteiger partial charge is 0.284 e. The highest BCUT2D eigenvalue weighted by Gasteiger charge is 2.20. The van der Waals surface area contributed by atoms with Crippen LogP contribution in [0.5, 0.6) is 0 Å². The average molecular weight is 474 g/mol. The molecule has 0 aliphatic carbocycles. The Bertz CT molecular complexity index is 1130. The van der Waals surface area contributed by atoms with Crippen LogP contribution in [0.3, 0.4) is 0 Å². The van der Waals surface area contributed by atoms with E-state index in [-0.39, 0.29) is 17.2 Å². The number of hydrogen-bond acceptors (Lipinski definition) is 4. The van der Waals surface area contributed by atoms with E-state index in [9.17, 15) is 13.2 Å². The average Bonchev–Trinajstić information content (AvgIpc) is 2.88. The van der Waals surface area contributed by atoms with Gasteiger partial charge in [-0.25, -0.2) is 0 Å². The Morgan fingerprint density at radius 2 is 1.97 bits per heavy atom. The molecule has 0 saturated carbocycles. The zero-order valence-electron chi connectivity index (χ0n) is 20.3. The molecular formula is C24H35N5O3S. The number of sulfonamides is 1. The predicted molar refractivity (Wildman–Crippen MR) is 131 cm³/mol. The molecule has 33 heavy (non-hydrogen) atoms. The molecule has 0 unspecified atom stereocenters. The lowest BCUT2D eigenvalue weighted by molar-refractivity contribution is -0.115. The fourth-order valence-corrected chi connectivity index (χ4v) is 5.19. The zero-order chi connectivity index (χ0) is 24.2. The highest BCUT2D eigenvalue weighted by molar-refractivity contribution is 7.90. The molecule has 1 aliphatic rings. The van der Waals surface area contributed by atoms with E-state index in [2.05, 4.69) is 28.7 Å². The standard InChI is InChI=1S/C24H35N5O3S/c1-17(2)16-29-19(4)22(18(3)26-29)15-24(30)25-20-10-9-11-21(14-20)33(31,32)27-23-12-7-6-8-13-28(23)5/h9-11,14,17H,6-8,12-13,15-16H2,1-5H3,(H,25,30). The number of hydrogen-bond donors (Lipinski definition) is 1. The van der Waals surface area contributed by atoms with Gasteiger partial charge in [-0.05, 0) is 50.8 Å². The fraction of sp³-hybridized carbons (Fsp3) is 0.542. The first-order valence-corrected chi connectivity index (χ1v) is 13.0. The molecule has 1 aliphatic heterocycles. The van der Waals surface area contributed by atoms with Gasteiger partial charge in [0.1, 0.15) is 5.84 Å². The van der Waals surface area contributed by atoms with Gasteiger partial charge in [0, 0.05) is 43.5 Å². The second-order valence-corrected chi connectivity index (χ2v) is 10.8. The molecule has 0 bridgehead atoms. The van der Waals surface area contributed by atoms with Gasteiger partial charge in [0.05, 0.1) is 17.0 Å². The summed E-state index contributed by atoms with van der Waals surface area (Å²) in [6.07, 6.45) is 3.86. The van der Waals surface area contributed by atoms with Gasteiger partial charge in [-0.3, -0.25) is 9.48 Å². The van der Waals surface area contributed by atoms with Crippen LogP contribution >= 0.6 is 0 Å². The topological polar surface area (TPSA) is 96.7 Å². The summed E-state index contributed by atoms with van der Waals surface area (Å²) in [7, 11) is -1.99. The summed E-state index contributed by atoms with van der Waals surface area (Å²) in [6, 6.07) is 6.28. The van der Waals surface area contributed by atoms with Crippen LogP contribution in [0.4, 0.5) is 5.69 Å². The third-order valence-corrected chi connectivity index (χ3v) is 7.18. The van der Waals surface area contributed by atoms with Crippen molar-refractivity contribution in [1.82, 2.24) is 14.7 Å². The highest BCUT2D eigenvalue weighted by atomic mass is 32.2. The number of amidine groups is 1. The number of amides is 1. The summed E-state index contributed by atoms with van der Waals surface area (Å²) in [5.41, 5.74) is 3.15. The largest absolute Gasteiger partial charge is 0.362 e. The highest BCUT2D eigenvalue weighted by Crippen LogP contribution is 2.21. The maximum Gasteiger partial charge on any atom is 0.284 e. The third-order valence-electron chi connectivity index (χ3n) is 5.88. The number of aromatic nitrogens is 2. The SMILES string of the molecule is Cc1nn(CC(C)C)c(C)c1CC(=O)Nc1cccc(S(=O)(=O)N=C2CCCCCN2C)c1. The van der Waals surface area contributed by atoms with Gasteiger partial charge in [-0.1, -0.05) is 26.3 Å². The van der Waals surface area contributed by atoms with Crippen LogP contribution in [0.15, 0.2) is 33.6 Å². The predicted octanol–water partition coefficient (Wildman–Crippen LogP) is 3.93. The molecule has 0 radical (unpaired) electrons. The molecule has 8 nitrogen and oxygen atoms in total. The van der Waals surface area contributed by atoms with Crippen molar-refractivity contribution < 1.29 is 13.2 Å². The van der Waals surface area contributed by atoms with Crippen molar-refractivity contribution in [2.75, 3.05) is 18.9 Å². The number of anilines is 1. The molecule has 1 amide bonds. The van der Waals surface area contributed by atoms with E-state index in [0.29, 0.717) is 23.9 Å². The number of aryl methyl sites for hydroxylation is 1. The minimum Gasteiger partial charge on any atom is -0.362 e. The Morgan fingerprint density at radius 3 is 2.70 bits per heavy atom. The molecule has 3 rings (SSSR count). The molecular weight excluding hydrogens is 438 g/mol. The third kappa shape index (κ3) is 6.43. The maximum absolute atomic E-state index is 12.9. The molecule has 180 valence electrons. The van der Waals surface area contributed by atoms with E-state index < -0.39 is 10.0 Å². The molecule has 1 N–H and O–H groups in total. The Kier molecular flexibility index (Phi) is 7.94. The Morgan fingerprint density at radius 1 is 1.21 bits per heavy atom. The molecule has 1 aromatic carbocycles. The van der Waals surface area contributed by atoms with Crippen LogP contribution in [-0.2, 0) is 27.8 Å². The van der Waals surface area contributed by atoms with Gasteiger partial charge in [0.2, 0.25) is 5.91 Å². The van der Waals surface area contributed by atoms with Crippen molar-refractivity contribution in [3.05, 3.63) is 41.2 Å². The van der Waals surface area contributed by atoms with E-state index in [1.165, 1.54) is 12.1 Å². The van der Waals surface area contributed by atoms with E-state index in [0.717, 1.165) is 49.3 Å². The molecule has 9 heteroatoms. The van der Waals surface area contributed by atoms with Gasteiger partial charge in [0.15, 0.2) is 0 Å². The van der Waals surface area contributed by atoms with Crippen molar-refractivity contribution in [3.8, 4) is 0 Å². The van der Waals surface area contributed by atoms with Gasteiger partial charge < -0.3 is 10.2 Å². The van der Waals surface area contributed by atoms with Crippen LogP contribution in [0.1, 0.15) is 56.5 Å². The summed E-state index contributed by atoms with van der Waals surface area (Å²) in [5, 5.41) is 7.39. The zero-order valence-corrected chi connectivity index (χ0v) is 21.1. The van der Waals surface area contributed by atoms with E-state index in [4.69, 9.17) is 0 Å². The minimum absolute atomic E-state index is 0.0718. The van der Waals surface area contributed by atoms with Crippen LogP contribution in [0.2, 0.25) is 0 Å². The molecule has 1 fully saturated rings. The number of nitrogens with zero attached hydrogens (tertiary/aromatic N) is 4. The van der Waals surface area contributed by atoms with Gasteiger partial charge in [-0.2, -0.15) is 13.5 Å². The molecule has 0 spiro atoms. The van der Waals surface area contributed by atoms with Gasteiger partial charge >= 0.3 is 0 Å². The Balaban J connectivity index is 1.75. The minimum atomic E-state index is -3.87. The van der Waals surface area contributed by atoms with Crippen LogP contribution < -0.4 is 5.32 Å². The first-order valence-electron chi connectivity index (χ1n) is 11.5. The quantitative estimate of drug-likeness (QED) is 0.657. The number of carbonyl (C=O) groups is 1. The Hall–Kier alpha value is -2.68.